The molecule has 4 nitrogen and oxygen atoms in total. The Labute approximate surface area is 135 Å². The lowest BCUT2D eigenvalue weighted by atomic mass is 10.1. The molecule has 1 N–H and O–H groups in total. The Kier molecular flexibility index (Phi) is 4.98. The molecule has 5 heteroatoms. The number of aromatic nitrogens is 1. The van der Waals surface area contributed by atoms with Gasteiger partial charge in [-0.3, -0.25) is 4.79 Å². The monoisotopic (exact) mass is 318 g/mol. The van der Waals surface area contributed by atoms with Crippen molar-refractivity contribution in [2.45, 2.75) is 32.8 Å². The van der Waals surface area contributed by atoms with Crippen molar-refractivity contribution in [1.82, 2.24) is 9.88 Å². The number of carbonyl (C=O) groups is 1. The molecule has 22 heavy (non-hydrogen) atoms. The van der Waals surface area contributed by atoms with Gasteiger partial charge >= 0.3 is 0 Å². The number of thiazole rings is 1. The van der Waals surface area contributed by atoms with E-state index in [-0.39, 0.29) is 12.3 Å². The van der Waals surface area contributed by atoms with Crippen molar-refractivity contribution in [2.24, 2.45) is 0 Å². The number of likely N-dealkylation sites (N-methyl/N-ethyl adjacent to an activating group) is 1. The average molecular weight is 318 g/mol. The fraction of sp³-hybridized carbons (Fsp3) is 0.412. The summed E-state index contributed by atoms with van der Waals surface area (Å²) in [6, 6.07) is 8.17. The molecule has 0 aliphatic carbocycles. The molecule has 0 saturated carbocycles. The lowest BCUT2D eigenvalue weighted by Gasteiger charge is -2.25. The standard InChI is InChI=1S/C17H22N2O2S/c1-12-6-5-7-13(8-12)16-18-14(10-22-16)9-15(20)19(4)11-17(2,3)21/h5-8,10,21H,9,11H2,1-4H3. The molecule has 1 heterocycles. The maximum Gasteiger partial charge on any atom is 0.228 e. The third kappa shape index (κ3) is 4.64. The van der Waals surface area contributed by atoms with Crippen LogP contribution in [0.15, 0.2) is 29.6 Å². The maximum atomic E-state index is 12.2. The van der Waals surface area contributed by atoms with E-state index in [1.54, 1.807) is 37.1 Å². The van der Waals surface area contributed by atoms with Gasteiger partial charge in [-0.05, 0) is 26.8 Å². The molecule has 0 saturated heterocycles. The molecule has 0 fully saturated rings. The number of hydrogen-bond donors (Lipinski definition) is 1. The second-order valence-corrected chi connectivity index (χ2v) is 7.11. The lowest BCUT2D eigenvalue weighted by molar-refractivity contribution is -0.131. The lowest BCUT2D eigenvalue weighted by Crippen LogP contribution is -2.40. The largest absolute Gasteiger partial charge is 0.389 e. The van der Waals surface area contributed by atoms with Crippen LogP contribution in [-0.2, 0) is 11.2 Å². The molecule has 1 aromatic heterocycles. The molecule has 2 rings (SSSR count). The van der Waals surface area contributed by atoms with Gasteiger partial charge in [0.1, 0.15) is 5.01 Å². The van der Waals surface area contributed by atoms with Crippen LogP contribution in [0.1, 0.15) is 25.1 Å². The number of benzene rings is 1. The van der Waals surface area contributed by atoms with Gasteiger partial charge in [-0.25, -0.2) is 4.98 Å². The predicted octanol–water partition coefficient (Wildman–Crippen LogP) is 2.89. The predicted molar refractivity (Wildman–Crippen MR) is 89.9 cm³/mol. The zero-order valence-electron chi connectivity index (χ0n) is 13.5. The minimum atomic E-state index is -0.890. The van der Waals surface area contributed by atoms with Crippen molar-refractivity contribution < 1.29 is 9.90 Å². The fourth-order valence-corrected chi connectivity index (χ4v) is 3.07. The highest BCUT2D eigenvalue weighted by atomic mass is 32.1. The Morgan fingerprint density at radius 3 is 2.77 bits per heavy atom. The Bertz CT molecular complexity index is 659. The summed E-state index contributed by atoms with van der Waals surface area (Å²) in [5, 5.41) is 12.6. The average Bonchev–Trinajstić information content (AvgIpc) is 2.85. The summed E-state index contributed by atoms with van der Waals surface area (Å²) < 4.78 is 0. The van der Waals surface area contributed by atoms with Crippen LogP contribution in [-0.4, -0.2) is 40.1 Å². The molecule has 0 unspecified atom stereocenters. The number of amides is 1. The molecule has 0 spiro atoms. The van der Waals surface area contributed by atoms with Crippen LogP contribution >= 0.6 is 11.3 Å². The second-order valence-electron chi connectivity index (χ2n) is 6.25. The summed E-state index contributed by atoms with van der Waals surface area (Å²) in [5.74, 6) is -0.0387. The van der Waals surface area contributed by atoms with Crippen LogP contribution in [0.5, 0.6) is 0 Å². The molecule has 1 aromatic carbocycles. The van der Waals surface area contributed by atoms with Gasteiger partial charge in [0.15, 0.2) is 0 Å². The van der Waals surface area contributed by atoms with E-state index in [0.717, 1.165) is 16.3 Å². The topological polar surface area (TPSA) is 53.4 Å². The summed E-state index contributed by atoms with van der Waals surface area (Å²) in [6.45, 7) is 5.73. The van der Waals surface area contributed by atoms with Crippen molar-refractivity contribution >= 4 is 17.2 Å². The quantitative estimate of drug-likeness (QED) is 0.922. The summed E-state index contributed by atoms with van der Waals surface area (Å²) in [5.41, 5.74) is 2.15. The molecule has 118 valence electrons. The van der Waals surface area contributed by atoms with Crippen LogP contribution < -0.4 is 0 Å². The molecule has 0 aliphatic rings. The van der Waals surface area contributed by atoms with E-state index in [2.05, 4.69) is 11.1 Å². The first kappa shape index (κ1) is 16.6. The maximum absolute atomic E-state index is 12.2. The van der Waals surface area contributed by atoms with Crippen LogP contribution in [0, 0.1) is 6.92 Å². The first-order chi connectivity index (χ1) is 10.2. The van der Waals surface area contributed by atoms with Gasteiger partial charge in [0.25, 0.3) is 0 Å². The van der Waals surface area contributed by atoms with E-state index in [0.29, 0.717) is 6.54 Å². The fourth-order valence-electron chi connectivity index (χ4n) is 2.26. The summed E-state index contributed by atoms with van der Waals surface area (Å²) in [4.78, 5) is 18.3. The van der Waals surface area contributed by atoms with Gasteiger partial charge in [0.05, 0.1) is 17.7 Å². The highest BCUT2D eigenvalue weighted by molar-refractivity contribution is 7.13. The Morgan fingerprint density at radius 2 is 2.14 bits per heavy atom. The van der Waals surface area contributed by atoms with E-state index < -0.39 is 5.60 Å². The highest BCUT2D eigenvalue weighted by Gasteiger charge is 2.20. The van der Waals surface area contributed by atoms with Crippen molar-refractivity contribution in [2.75, 3.05) is 13.6 Å². The van der Waals surface area contributed by atoms with Crippen molar-refractivity contribution in [3.8, 4) is 10.6 Å². The number of nitrogens with zero attached hydrogens (tertiary/aromatic N) is 2. The van der Waals surface area contributed by atoms with Crippen LogP contribution in [0.3, 0.4) is 0 Å². The molecular weight excluding hydrogens is 296 g/mol. The number of hydrogen-bond acceptors (Lipinski definition) is 4. The zero-order valence-corrected chi connectivity index (χ0v) is 14.3. The van der Waals surface area contributed by atoms with E-state index >= 15 is 0 Å². The Hall–Kier alpha value is -1.72. The third-order valence-electron chi connectivity index (χ3n) is 3.20. The molecule has 0 aliphatic heterocycles. The zero-order chi connectivity index (χ0) is 16.3. The summed E-state index contributed by atoms with van der Waals surface area (Å²) in [7, 11) is 1.70. The molecule has 0 bridgehead atoms. The normalized spacial score (nSPS) is 11.5. The molecular formula is C17H22N2O2S. The Balaban J connectivity index is 2.05. The molecule has 2 aromatic rings. The highest BCUT2D eigenvalue weighted by Crippen LogP contribution is 2.24. The van der Waals surface area contributed by atoms with Gasteiger partial charge < -0.3 is 10.0 Å². The van der Waals surface area contributed by atoms with Gasteiger partial charge in [0.2, 0.25) is 5.91 Å². The first-order valence-electron chi connectivity index (χ1n) is 7.22. The number of aliphatic hydroxyl groups is 1. The summed E-state index contributed by atoms with van der Waals surface area (Å²) >= 11 is 1.55. The minimum Gasteiger partial charge on any atom is -0.389 e. The molecule has 1 amide bonds. The van der Waals surface area contributed by atoms with E-state index in [4.69, 9.17) is 0 Å². The third-order valence-corrected chi connectivity index (χ3v) is 4.14. The SMILES string of the molecule is Cc1cccc(-c2nc(CC(=O)N(C)CC(C)(C)O)cs2)c1. The number of carbonyl (C=O) groups excluding carboxylic acids is 1. The van der Waals surface area contributed by atoms with E-state index in [1.807, 2.05) is 30.5 Å². The van der Waals surface area contributed by atoms with Crippen molar-refractivity contribution in [3.63, 3.8) is 0 Å². The Morgan fingerprint density at radius 1 is 1.41 bits per heavy atom. The van der Waals surface area contributed by atoms with E-state index in [9.17, 15) is 9.90 Å². The van der Waals surface area contributed by atoms with Gasteiger partial charge in [-0.15, -0.1) is 11.3 Å². The van der Waals surface area contributed by atoms with Gasteiger partial charge in [-0.2, -0.15) is 0 Å². The van der Waals surface area contributed by atoms with Crippen LogP contribution in [0.2, 0.25) is 0 Å². The van der Waals surface area contributed by atoms with Gasteiger partial charge in [-0.1, -0.05) is 23.8 Å². The van der Waals surface area contributed by atoms with Crippen LogP contribution in [0.4, 0.5) is 0 Å². The second kappa shape index (κ2) is 6.58. The molecule has 0 radical (unpaired) electrons. The number of rotatable bonds is 5. The minimum absolute atomic E-state index is 0.0387. The van der Waals surface area contributed by atoms with Crippen molar-refractivity contribution in [3.05, 3.63) is 40.9 Å². The van der Waals surface area contributed by atoms with E-state index in [1.165, 1.54) is 5.56 Å². The van der Waals surface area contributed by atoms with Crippen molar-refractivity contribution in [1.29, 1.82) is 0 Å². The first-order valence-corrected chi connectivity index (χ1v) is 8.10. The number of aryl methyl sites for hydroxylation is 1. The van der Waals surface area contributed by atoms with Crippen LogP contribution in [0.25, 0.3) is 10.6 Å². The summed E-state index contributed by atoms with van der Waals surface area (Å²) in [6.07, 6.45) is 0.259. The molecule has 0 atom stereocenters. The van der Waals surface area contributed by atoms with Gasteiger partial charge in [0, 0.05) is 24.5 Å². The smallest absolute Gasteiger partial charge is 0.228 e.